The van der Waals surface area contributed by atoms with Crippen LogP contribution in [0, 0.1) is 0 Å². The van der Waals surface area contributed by atoms with Crippen LogP contribution in [-0.4, -0.2) is 46.6 Å². The van der Waals surface area contributed by atoms with Crippen LogP contribution in [0.25, 0.3) is 0 Å². The molecule has 0 amide bonds. The Morgan fingerprint density at radius 2 is 1.92 bits per heavy atom. The zero-order valence-electron chi connectivity index (χ0n) is 13.3. The molecule has 0 aliphatic carbocycles. The Morgan fingerprint density at radius 3 is 2.56 bits per heavy atom. The largest absolute Gasteiger partial charge is 0.367 e. The Labute approximate surface area is 155 Å². The van der Waals surface area contributed by atoms with Gasteiger partial charge in [0.05, 0.1) is 23.8 Å². The number of benzene rings is 1. The summed E-state index contributed by atoms with van der Waals surface area (Å²) in [5, 5.41) is 3.08. The molecule has 10 heteroatoms. The van der Waals surface area contributed by atoms with Crippen LogP contribution in [-0.2, 0) is 24.3 Å². The first kappa shape index (κ1) is 18.4. The third-order valence-corrected chi connectivity index (χ3v) is 7.12. The van der Waals surface area contributed by atoms with Crippen LogP contribution in [0.15, 0.2) is 57.2 Å². The van der Waals surface area contributed by atoms with E-state index in [2.05, 4.69) is 21.2 Å². The minimum Gasteiger partial charge on any atom is -0.367 e. The fourth-order valence-electron chi connectivity index (χ4n) is 2.84. The van der Waals surface area contributed by atoms with Gasteiger partial charge in [-0.2, -0.15) is 8.42 Å². The van der Waals surface area contributed by atoms with Gasteiger partial charge < -0.3 is 5.32 Å². The minimum absolute atomic E-state index is 0.139. The molecule has 0 saturated carbocycles. The molecule has 0 fully saturated rings. The Bertz CT molecular complexity index is 939. The molecular formula is C15H17BrN2O5S2. The summed E-state index contributed by atoms with van der Waals surface area (Å²) in [6.07, 6.45) is 3.19. The van der Waals surface area contributed by atoms with Gasteiger partial charge in [0.1, 0.15) is 5.82 Å². The quantitative estimate of drug-likeness (QED) is 0.686. The molecule has 2 aliphatic heterocycles. The predicted octanol–water partition coefficient (Wildman–Crippen LogP) is 1.52. The first-order valence-electron chi connectivity index (χ1n) is 7.47. The average molecular weight is 449 g/mol. The molecule has 0 spiro atoms. The number of sulfonamides is 1. The van der Waals surface area contributed by atoms with Crippen LogP contribution >= 0.6 is 15.9 Å². The standard InChI is InChI=1S/C15H17BrN2O5S2/c1-24(19,20)23-10-11-9-13-14(16)7-8-17-15(13)18(11)25(21,22)12-5-3-2-4-6-12/h2-7,11,17H,8-10H2,1H3/t11-/m1/s1. The third kappa shape index (κ3) is 3.76. The molecule has 0 bridgehead atoms. The van der Waals surface area contributed by atoms with Crippen molar-refractivity contribution in [2.24, 2.45) is 0 Å². The molecule has 0 aromatic heterocycles. The highest BCUT2D eigenvalue weighted by Crippen LogP contribution is 2.39. The first-order chi connectivity index (χ1) is 11.7. The first-order valence-corrected chi connectivity index (χ1v) is 11.5. The van der Waals surface area contributed by atoms with Crippen molar-refractivity contribution in [2.45, 2.75) is 17.4 Å². The second kappa shape index (κ2) is 6.75. The van der Waals surface area contributed by atoms with Crippen molar-refractivity contribution in [2.75, 3.05) is 19.4 Å². The van der Waals surface area contributed by atoms with E-state index in [0.29, 0.717) is 18.8 Å². The summed E-state index contributed by atoms with van der Waals surface area (Å²) in [4.78, 5) is 0.139. The van der Waals surface area contributed by atoms with E-state index < -0.39 is 26.2 Å². The van der Waals surface area contributed by atoms with E-state index in [9.17, 15) is 16.8 Å². The highest BCUT2D eigenvalue weighted by molar-refractivity contribution is 9.12. The predicted molar refractivity (Wildman–Crippen MR) is 96.7 cm³/mol. The van der Waals surface area contributed by atoms with E-state index in [-0.39, 0.29) is 11.5 Å². The van der Waals surface area contributed by atoms with Gasteiger partial charge in [0.2, 0.25) is 0 Å². The van der Waals surface area contributed by atoms with Crippen LogP contribution in [0.3, 0.4) is 0 Å². The lowest BCUT2D eigenvalue weighted by molar-refractivity contribution is 0.239. The molecule has 2 aliphatic rings. The molecule has 2 heterocycles. The van der Waals surface area contributed by atoms with Gasteiger partial charge in [-0.15, -0.1) is 0 Å². The molecule has 0 unspecified atom stereocenters. The summed E-state index contributed by atoms with van der Waals surface area (Å²) in [5.41, 5.74) is 0.785. The number of nitrogens with one attached hydrogen (secondary N) is 1. The highest BCUT2D eigenvalue weighted by atomic mass is 79.9. The Kier molecular flexibility index (Phi) is 4.97. The van der Waals surface area contributed by atoms with Crippen molar-refractivity contribution in [3.63, 3.8) is 0 Å². The van der Waals surface area contributed by atoms with Crippen molar-refractivity contribution in [3.8, 4) is 0 Å². The number of allylic oxidation sites excluding steroid dienone is 1. The molecule has 0 radical (unpaired) electrons. The molecule has 1 aromatic carbocycles. The smallest absolute Gasteiger partial charge is 0.265 e. The average Bonchev–Trinajstić information content (AvgIpc) is 2.94. The Hall–Kier alpha value is -1.36. The molecule has 25 heavy (non-hydrogen) atoms. The maximum absolute atomic E-state index is 13.1. The SMILES string of the molecule is CS(=O)(=O)OC[C@H]1CC2=C(NCC=C2Br)N1S(=O)(=O)c1ccccc1. The molecule has 3 rings (SSSR count). The Morgan fingerprint density at radius 1 is 1.24 bits per heavy atom. The molecule has 1 N–H and O–H groups in total. The van der Waals surface area contributed by atoms with Crippen molar-refractivity contribution in [3.05, 3.63) is 52.3 Å². The maximum atomic E-state index is 13.1. The number of halogens is 1. The van der Waals surface area contributed by atoms with E-state index in [0.717, 1.165) is 16.3 Å². The normalized spacial score (nSPS) is 21.0. The minimum atomic E-state index is -3.86. The van der Waals surface area contributed by atoms with Gasteiger partial charge in [0.15, 0.2) is 0 Å². The number of hydrogen-bond donors (Lipinski definition) is 1. The Balaban J connectivity index is 2.02. The lowest BCUT2D eigenvalue weighted by Gasteiger charge is -2.29. The second-order valence-electron chi connectivity index (χ2n) is 5.72. The number of dihydropyridines is 1. The molecular weight excluding hydrogens is 432 g/mol. The van der Waals surface area contributed by atoms with Crippen LogP contribution < -0.4 is 5.32 Å². The fraction of sp³-hybridized carbons (Fsp3) is 0.333. The monoisotopic (exact) mass is 448 g/mol. The van der Waals surface area contributed by atoms with Crippen molar-refractivity contribution in [1.82, 2.24) is 9.62 Å². The van der Waals surface area contributed by atoms with Crippen LogP contribution in [0.1, 0.15) is 6.42 Å². The van der Waals surface area contributed by atoms with E-state index in [4.69, 9.17) is 4.18 Å². The van der Waals surface area contributed by atoms with E-state index in [1.54, 1.807) is 18.2 Å². The van der Waals surface area contributed by atoms with E-state index in [1.807, 2.05) is 6.08 Å². The summed E-state index contributed by atoms with van der Waals surface area (Å²) in [6.45, 7) is 0.222. The van der Waals surface area contributed by atoms with Crippen molar-refractivity contribution in [1.29, 1.82) is 0 Å². The zero-order chi connectivity index (χ0) is 18.2. The van der Waals surface area contributed by atoms with Gasteiger partial charge in [-0.25, -0.2) is 12.7 Å². The second-order valence-corrected chi connectivity index (χ2v) is 10.0. The lowest BCUT2D eigenvalue weighted by atomic mass is 10.1. The molecule has 136 valence electrons. The maximum Gasteiger partial charge on any atom is 0.265 e. The van der Waals surface area contributed by atoms with Gasteiger partial charge in [0.25, 0.3) is 20.1 Å². The molecule has 0 saturated heterocycles. The van der Waals surface area contributed by atoms with E-state index >= 15 is 0 Å². The summed E-state index contributed by atoms with van der Waals surface area (Å²) < 4.78 is 55.9. The van der Waals surface area contributed by atoms with Crippen LogP contribution in [0.5, 0.6) is 0 Å². The van der Waals surface area contributed by atoms with E-state index in [1.165, 1.54) is 16.4 Å². The molecule has 7 nitrogen and oxygen atoms in total. The molecule has 1 aromatic rings. The number of nitrogens with zero attached hydrogens (tertiary/aromatic N) is 1. The fourth-order valence-corrected chi connectivity index (χ4v) is 5.42. The van der Waals surface area contributed by atoms with Crippen LogP contribution in [0.4, 0.5) is 0 Å². The van der Waals surface area contributed by atoms with Crippen LogP contribution in [0.2, 0.25) is 0 Å². The van der Waals surface area contributed by atoms with Gasteiger partial charge in [0, 0.05) is 23.0 Å². The summed E-state index contributed by atoms with van der Waals surface area (Å²) in [6, 6.07) is 7.38. The topological polar surface area (TPSA) is 92.8 Å². The zero-order valence-corrected chi connectivity index (χ0v) is 16.6. The van der Waals surface area contributed by atoms with Gasteiger partial charge in [-0.3, -0.25) is 4.18 Å². The van der Waals surface area contributed by atoms with Gasteiger partial charge in [-0.1, -0.05) is 40.2 Å². The summed E-state index contributed by atoms with van der Waals surface area (Å²) in [5.74, 6) is 0.459. The number of hydrogen-bond acceptors (Lipinski definition) is 6. The summed E-state index contributed by atoms with van der Waals surface area (Å²) in [7, 11) is -7.54. The van der Waals surface area contributed by atoms with Gasteiger partial charge >= 0.3 is 0 Å². The molecule has 1 atom stereocenters. The highest BCUT2D eigenvalue weighted by Gasteiger charge is 2.42. The lowest BCUT2D eigenvalue weighted by Crippen LogP contribution is -2.42. The summed E-state index contributed by atoms with van der Waals surface area (Å²) >= 11 is 3.45. The number of rotatable bonds is 5. The van der Waals surface area contributed by atoms with Crippen molar-refractivity contribution < 1.29 is 21.0 Å². The van der Waals surface area contributed by atoms with Gasteiger partial charge in [-0.05, 0) is 12.1 Å². The van der Waals surface area contributed by atoms with Crippen molar-refractivity contribution >= 4 is 36.1 Å². The third-order valence-electron chi connectivity index (χ3n) is 3.89.